The summed E-state index contributed by atoms with van der Waals surface area (Å²) in [4.78, 5) is 0. The van der Waals surface area contributed by atoms with Gasteiger partial charge >= 0.3 is 0 Å². The van der Waals surface area contributed by atoms with Crippen LogP contribution in [0.25, 0.3) is 0 Å². The fraction of sp³-hybridized carbons (Fsp3) is 0.500. The van der Waals surface area contributed by atoms with Crippen molar-refractivity contribution in [2.24, 2.45) is 0 Å². The second kappa shape index (κ2) is 7.20. The second-order valence-electron chi connectivity index (χ2n) is 5.10. The molecule has 1 N–H and O–H groups in total. The second-order valence-corrected chi connectivity index (χ2v) is 5.95. The van der Waals surface area contributed by atoms with E-state index in [1.807, 2.05) is 19.2 Å². The van der Waals surface area contributed by atoms with Gasteiger partial charge in [0.05, 0.1) is 10.5 Å². The lowest BCUT2D eigenvalue weighted by Crippen LogP contribution is -2.20. The number of hydrogen-bond acceptors (Lipinski definition) is 1. The van der Waals surface area contributed by atoms with E-state index in [1.54, 1.807) is 6.07 Å². The lowest BCUT2D eigenvalue weighted by Gasteiger charge is -2.23. The molecule has 104 valence electrons. The van der Waals surface area contributed by atoms with Crippen LogP contribution >= 0.6 is 15.9 Å². The van der Waals surface area contributed by atoms with E-state index in [1.165, 1.54) is 31.3 Å². The van der Waals surface area contributed by atoms with Crippen molar-refractivity contribution in [3.63, 3.8) is 0 Å². The van der Waals surface area contributed by atoms with Gasteiger partial charge in [0.25, 0.3) is 0 Å². The highest BCUT2D eigenvalue weighted by atomic mass is 79.9. The van der Waals surface area contributed by atoms with Gasteiger partial charge < -0.3 is 5.32 Å². The minimum atomic E-state index is -0.148. The number of likely N-dealkylation sites (N-methyl/N-ethyl adjacent to an activating group) is 1. The Morgan fingerprint density at radius 1 is 1.21 bits per heavy atom. The molecule has 1 atom stereocenters. The van der Waals surface area contributed by atoms with Crippen LogP contribution in [0, 0.1) is 5.82 Å². The van der Waals surface area contributed by atoms with Crippen LogP contribution in [-0.4, -0.2) is 7.05 Å². The Balaban J connectivity index is 2.30. The lowest BCUT2D eigenvalue weighted by molar-refractivity contribution is 0.539. The normalized spacial score (nSPS) is 21.1. The Labute approximate surface area is 123 Å². The van der Waals surface area contributed by atoms with E-state index in [4.69, 9.17) is 0 Å². The number of allylic oxidation sites excluding steroid dienone is 1. The number of halogens is 2. The Morgan fingerprint density at radius 2 is 2.00 bits per heavy atom. The van der Waals surface area contributed by atoms with Crippen molar-refractivity contribution >= 4 is 15.9 Å². The molecule has 0 bridgehead atoms. The molecule has 0 radical (unpaired) electrons. The van der Waals surface area contributed by atoms with E-state index < -0.39 is 0 Å². The minimum absolute atomic E-state index is 0.00407. The van der Waals surface area contributed by atoms with Gasteiger partial charge in [-0.05, 0) is 54.7 Å². The summed E-state index contributed by atoms with van der Waals surface area (Å²) in [5, 5.41) is 3.28. The van der Waals surface area contributed by atoms with Gasteiger partial charge in [-0.15, -0.1) is 0 Å². The van der Waals surface area contributed by atoms with Crippen molar-refractivity contribution in [2.45, 2.75) is 44.6 Å². The molecule has 0 fully saturated rings. The van der Waals surface area contributed by atoms with Gasteiger partial charge in [0.2, 0.25) is 0 Å². The number of rotatable bonds is 3. The average molecular weight is 326 g/mol. The molecular formula is C16H21BrFN. The quantitative estimate of drug-likeness (QED) is 0.759. The largest absolute Gasteiger partial charge is 0.310 e. The van der Waals surface area contributed by atoms with Crippen LogP contribution in [0.4, 0.5) is 4.39 Å². The predicted octanol–water partition coefficient (Wildman–Crippen LogP) is 5.13. The van der Waals surface area contributed by atoms with Crippen molar-refractivity contribution in [1.82, 2.24) is 5.32 Å². The summed E-state index contributed by atoms with van der Waals surface area (Å²) in [5.74, 6) is -0.148. The first-order chi connectivity index (χ1) is 9.24. The molecule has 0 heterocycles. The fourth-order valence-corrected chi connectivity index (χ4v) is 3.14. The minimum Gasteiger partial charge on any atom is -0.310 e. The topological polar surface area (TPSA) is 12.0 Å². The van der Waals surface area contributed by atoms with Crippen molar-refractivity contribution < 1.29 is 4.39 Å². The van der Waals surface area contributed by atoms with Gasteiger partial charge in [0.15, 0.2) is 0 Å². The number of nitrogens with one attached hydrogen (secondary N) is 1. The summed E-state index contributed by atoms with van der Waals surface area (Å²) < 4.78 is 14.8. The summed E-state index contributed by atoms with van der Waals surface area (Å²) in [6, 6.07) is 5.52. The van der Waals surface area contributed by atoms with E-state index >= 15 is 0 Å². The zero-order chi connectivity index (χ0) is 13.7. The van der Waals surface area contributed by atoms with Gasteiger partial charge in [-0.1, -0.05) is 36.6 Å². The van der Waals surface area contributed by atoms with Crippen molar-refractivity contribution in [1.29, 1.82) is 0 Å². The molecule has 0 amide bonds. The summed E-state index contributed by atoms with van der Waals surface area (Å²) in [6.07, 6.45) is 9.55. The first-order valence-electron chi connectivity index (χ1n) is 7.04. The van der Waals surface area contributed by atoms with Gasteiger partial charge in [-0.2, -0.15) is 0 Å². The van der Waals surface area contributed by atoms with Crippen molar-refractivity contribution in [3.8, 4) is 0 Å². The van der Waals surface area contributed by atoms with Gasteiger partial charge in [0.1, 0.15) is 5.82 Å². The van der Waals surface area contributed by atoms with Gasteiger partial charge in [-0.25, -0.2) is 4.39 Å². The van der Waals surface area contributed by atoms with Crippen LogP contribution in [0.15, 0.2) is 34.3 Å². The van der Waals surface area contributed by atoms with Crippen LogP contribution in [0.1, 0.15) is 50.1 Å². The maximum atomic E-state index is 14.3. The number of hydrogen-bond donors (Lipinski definition) is 1. The van der Waals surface area contributed by atoms with Crippen molar-refractivity contribution in [3.05, 3.63) is 45.7 Å². The molecule has 1 nitrogen and oxygen atoms in total. The Morgan fingerprint density at radius 3 is 2.79 bits per heavy atom. The molecule has 1 aromatic carbocycles. The first kappa shape index (κ1) is 14.7. The maximum Gasteiger partial charge on any atom is 0.142 e. The van der Waals surface area contributed by atoms with Crippen molar-refractivity contribution in [2.75, 3.05) is 7.05 Å². The van der Waals surface area contributed by atoms with E-state index in [9.17, 15) is 4.39 Å². The molecule has 19 heavy (non-hydrogen) atoms. The molecule has 0 aliphatic heterocycles. The lowest BCUT2D eigenvalue weighted by atomic mass is 9.91. The molecule has 0 saturated heterocycles. The van der Waals surface area contributed by atoms with Gasteiger partial charge in [-0.3, -0.25) is 0 Å². The molecule has 1 aliphatic rings. The van der Waals surface area contributed by atoms with E-state index in [-0.39, 0.29) is 11.9 Å². The molecule has 0 saturated carbocycles. The summed E-state index contributed by atoms with van der Waals surface area (Å²) in [6.45, 7) is 0. The zero-order valence-corrected chi connectivity index (χ0v) is 13.0. The third-order valence-electron chi connectivity index (χ3n) is 3.78. The molecule has 0 spiro atoms. The van der Waals surface area contributed by atoms with Crippen LogP contribution in [0.3, 0.4) is 0 Å². The van der Waals surface area contributed by atoms with Crippen LogP contribution < -0.4 is 5.32 Å². The number of benzene rings is 1. The Kier molecular flexibility index (Phi) is 5.59. The predicted molar refractivity (Wildman–Crippen MR) is 81.7 cm³/mol. The summed E-state index contributed by atoms with van der Waals surface area (Å²) >= 11 is 3.27. The third kappa shape index (κ3) is 3.67. The van der Waals surface area contributed by atoms with E-state index in [0.29, 0.717) is 4.47 Å². The molecule has 0 aromatic heterocycles. The van der Waals surface area contributed by atoms with Gasteiger partial charge in [0, 0.05) is 5.56 Å². The van der Waals surface area contributed by atoms with Crippen LogP contribution in [-0.2, 0) is 0 Å². The SMILES string of the molecule is CNC(/C1=C/CCCCCC1)c1cccc(Br)c1F. The first-order valence-corrected chi connectivity index (χ1v) is 7.83. The van der Waals surface area contributed by atoms with E-state index in [0.717, 1.165) is 18.4 Å². The molecule has 1 aromatic rings. The Bertz CT molecular complexity index is 456. The highest BCUT2D eigenvalue weighted by Crippen LogP contribution is 2.32. The smallest absolute Gasteiger partial charge is 0.142 e. The van der Waals surface area contributed by atoms with Crippen LogP contribution in [0.5, 0.6) is 0 Å². The van der Waals surface area contributed by atoms with E-state index in [2.05, 4.69) is 27.3 Å². The molecule has 1 aliphatic carbocycles. The van der Waals surface area contributed by atoms with Crippen LogP contribution in [0.2, 0.25) is 0 Å². The monoisotopic (exact) mass is 325 g/mol. The zero-order valence-electron chi connectivity index (χ0n) is 11.4. The molecule has 3 heteroatoms. The molecular weight excluding hydrogens is 305 g/mol. The highest BCUT2D eigenvalue weighted by molar-refractivity contribution is 9.10. The Hall–Kier alpha value is -0.670. The summed E-state index contributed by atoms with van der Waals surface area (Å²) in [5.41, 5.74) is 2.07. The third-order valence-corrected chi connectivity index (χ3v) is 4.39. The highest BCUT2D eigenvalue weighted by Gasteiger charge is 2.19. The average Bonchev–Trinajstić information content (AvgIpc) is 2.37. The fourth-order valence-electron chi connectivity index (χ4n) is 2.76. The maximum absolute atomic E-state index is 14.3. The standard InChI is InChI=1S/C16H21BrFN/c1-19-16(12-8-5-3-2-4-6-9-12)13-10-7-11-14(17)15(13)18/h7-8,10-11,16,19H,2-6,9H2,1H3/b12-8+. The summed E-state index contributed by atoms with van der Waals surface area (Å²) in [7, 11) is 1.91. The molecule has 1 unspecified atom stereocenters. The molecule has 2 rings (SSSR count).